The van der Waals surface area contributed by atoms with E-state index in [-0.39, 0.29) is 5.92 Å². The Morgan fingerprint density at radius 2 is 1.67 bits per heavy atom. The van der Waals surface area contributed by atoms with Gasteiger partial charge in [-0.25, -0.2) is 0 Å². The third-order valence-electron chi connectivity index (χ3n) is 2.94. The molecule has 0 radical (unpaired) electrons. The second-order valence-electron chi connectivity index (χ2n) is 4.37. The molecule has 0 unspecified atom stereocenters. The molecular formula is C14H20O. The highest BCUT2D eigenvalue weighted by Gasteiger charge is 2.20. The Balaban J connectivity index is 2.77. The van der Waals surface area contributed by atoms with E-state index < -0.39 is 6.10 Å². The summed E-state index contributed by atoms with van der Waals surface area (Å²) in [6.45, 7) is 10.3. The van der Waals surface area contributed by atoms with Crippen LogP contribution in [0.1, 0.15) is 32.4 Å². The van der Waals surface area contributed by atoms with Crippen LogP contribution >= 0.6 is 0 Å². The van der Waals surface area contributed by atoms with Gasteiger partial charge in [-0.3, -0.25) is 0 Å². The van der Waals surface area contributed by atoms with Crippen molar-refractivity contribution in [1.29, 1.82) is 0 Å². The quantitative estimate of drug-likeness (QED) is 0.743. The van der Waals surface area contributed by atoms with Gasteiger partial charge in [-0.1, -0.05) is 63.3 Å². The molecule has 2 atom stereocenters. The smallest absolute Gasteiger partial charge is 0.0852 e. The van der Waals surface area contributed by atoms with Gasteiger partial charge in [0, 0.05) is 5.92 Å². The Bertz CT molecular complexity index is 313. The summed E-state index contributed by atoms with van der Waals surface area (Å²) < 4.78 is 0. The Morgan fingerprint density at radius 1 is 1.13 bits per heavy atom. The first-order valence-electron chi connectivity index (χ1n) is 5.45. The molecule has 0 spiro atoms. The van der Waals surface area contributed by atoms with Gasteiger partial charge in [0.1, 0.15) is 0 Å². The van der Waals surface area contributed by atoms with Gasteiger partial charge in [-0.2, -0.15) is 0 Å². The minimum absolute atomic E-state index is 0.104. The van der Waals surface area contributed by atoms with Crippen molar-refractivity contribution in [2.24, 2.45) is 11.8 Å². The molecule has 1 N–H and O–H groups in total. The van der Waals surface area contributed by atoms with E-state index in [9.17, 15) is 5.11 Å². The molecule has 0 saturated heterocycles. The molecule has 1 rings (SSSR count). The van der Waals surface area contributed by atoms with Gasteiger partial charge in [-0.05, 0) is 11.5 Å². The molecule has 0 heterocycles. The summed E-state index contributed by atoms with van der Waals surface area (Å²) in [4.78, 5) is 0. The number of hydrogen-bond acceptors (Lipinski definition) is 1. The molecule has 0 aliphatic heterocycles. The van der Waals surface area contributed by atoms with Crippen LogP contribution in [0.4, 0.5) is 0 Å². The third-order valence-corrected chi connectivity index (χ3v) is 2.94. The van der Waals surface area contributed by atoms with E-state index in [1.807, 2.05) is 37.3 Å². The minimum atomic E-state index is -0.443. The maximum Gasteiger partial charge on any atom is 0.0852 e. The fourth-order valence-corrected chi connectivity index (χ4v) is 1.67. The van der Waals surface area contributed by atoms with Gasteiger partial charge in [0.05, 0.1) is 6.10 Å². The topological polar surface area (TPSA) is 20.2 Å². The van der Waals surface area contributed by atoms with Gasteiger partial charge >= 0.3 is 0 Å². The van der Waals surface area contributed by atoms with E-state index in [2.05, 4.69) is 20.4 Å². The predicted octanol–water partition coefficient (Wildman–Crippen LogP) is 3.57. The summed E-state index contributed by atoms with van der Waals surface area (Å²) in [6.07, 6.45) is -0.443. The van der Waals surface area contributed by atoms with Gasteiger partial charge in [0.2, 0.25) is 0 Å². The molecule has 1 nitrogen and oxygen atoms in total. The maximum absolute atomic E-state index is 10.1. The van der Waals surface area contributed by atoms with Gasteiger partial charge in [0.25, 0.3) is 0 Å². The zero-order chi connectivity index (χ0) is 11.4. The monoisotopic (exact) mass is 204 g/mol. The molecule has 0 aliphatic carbocycles. The van der Waals surface area contributed by atoms with Crippen LogP contribution in [0.25, 0.3) is 0 Å². The van der Waals surface area contributed by atoms with Crippen molar-refractivity contribution < 1.29 is 5.11 Å². The zero-order valence-corrected chi connectivity index (χ0v) is 9.77. The number of hydrogen-bond donors (Lipinski definition) is 1. The fourth-order valence-electron chi connectivity index (χ4n) is 1.67. The second-order valence-corrected chi connectivity index (χ2v) is 4.37. The van der Waals surface area contributed by atoms with E-state index in [0.29, 0.717) is 5.92 Å². The molecule has 0 aliphatic rings. The van der Waals surface area contributed by atoms with Crippen LogP contribution in [-0.4, -0.2) is 5.11 Å². The highest BCUT2D eigenvalue weighted by atomic mass is 16.3. The highest BCUT2D eigenvalue weighted by molar-refractivity contribution is 5.20. The van der Waals surface area contributed by atoms with Crippen LogP contribution < -0.4 is 0 Å². The summed E-state index contributed by atoms with van der Waals surface area (Å²) in [5, 5.41) is 10.1. The van der Waals surface area contributed by atoms with Crippen LogP contribution in [0.2, 0.25) is 0 Å². The van der Waals surface area contributed by atoms with Crippen molar-refractivity contribution in [1.82, 2.24) is 0 Å². The van der Waals surface area contributed by atoms with E-state index in [0.717, 1.165) is 11.1 Å². The molecule has 0 aromatic heterocycles. The standard InChI is InChI=1S/C14H20O/c1-10(2)11(3)12(4)14(15)13-8-6-5-7-9-13/h5-10,12,14-15H,3H2,1-2,4H3/t12-,14-/m1/s1. The zero-order valence-electron chi connectivity index (χ0n) is 9.77. The van der Waals surface area contributed by atoms with E-state index in [1.54, 1.807) is 0 Å². The van der Waals surface area contributed by atoms with Gasteiger partial charge in [-0.15, -0.1) is 0 Å². The van der Waals surface area contributed by atoms with Crippen LogP contribution in [0.3, 0.4) is 0 Å². The first-order chi connectivity index (χ1) is 7.04. The molecule has 0 bridgehead atoms. The maximum atomic E-state index is 10.1. The molecule has 0 amide bonds. The highest BCUT2D eigenvalue weighted by Crippen LogP contribution is 2.29. The Kier molecular flexibility index (Phi) is 4.10. The predicted molar refractivity (Wildman–Crippen MR) is 64.5 cm³/mol. The van der Waals surface area contributed by atoms with Crippen molar-refractivity contribution in [3.8, 4) is 0 Å². The molecule has 1 aromatic carbocycles. The fraction of sp³-hybridized carbons (Fsp3) is 0.429. The van der Waals surface area contributed by atoms with E-state index >= 15 is 0 Å². The van der Waals surface area contributed by atoms with Gasteiger partial charge < -0.3 is 5.11 Å². The average molecular weight is 204 g/mol. The largest absolute Gasteiger partial charge is 0.388 e. The Labute approximate surface area is 92.5 Å². The molecule has 82 valence electrons. The van der Waals surface area contributed by atoms with Crippen molar-refractivity contribution in [3.63, 3.8) is 0 Å². The van der Waals surface area contributed by atoms with Crippen molar-refractivity contribution >= 4 is 0 Å². The van der Waals surface area contributed by atoms with Crippen molar-refractivity contribution in [2.75, 3.05) is 0 Å². The Morgan fingerprint density at radius 3 is 2.13 bits per heavy atom. The molecule has 0 fully saturated rings. The second kappa shape index (κ2) is 5.13. The average Bonchev–Trinajstić information content (AvgIpc) is 2.27. The number of benzene rings is 1. The summed E-state index contributed by atoms with van der Waals surface area (Å²) in [5.74, 6) is 0.519. The first-order valence-corrected chi connectivity index (χ1v) is 5.45. The molecule has 1 aromatic rings. The van der Waals surface area contributed by atoms with Crippen LogP contribution in [0.15, 0.2) is 42.5 Å². The third kappa shape index (κ3) is 2.93. The molecule has 0 saturated carbocycles. The first kappa shape index (κ1) is 12.0. The van der Waals surface area contributed by atoms with Crippen LogP contribution in [-0.2, 0) is 0 Å². The number of aliphatic hydroxyl groups is 1. The molecule has 15 heavy (non-hydrogen) atoms. The van der Waals surface area contributed by atoms with Crippen LogP contribution in [0.5, 0.6) is 0 Å². The molecular weight excluding hydrogens is 184 g/mol. The SMILES string of the molecule is C=C(C(C)C)[C@@H](C)[C@@H](O)c1ccccc1. The summed E-state index contributed by atoms with van der Waals surface area (Å²) in [7, 11) is 0. The summed E-state index contributed by atoms with van der Waals surface area (Å²) in [6, 6.07) is 9.76. The van der Waals surface area contributed by atoms with E-state index in [4.69, 9.17) is 0 Å². The van der Waals surface area contributed by atoms with Gasteiger partial charge in [0.15, 0.2) is 0 Å². The lowest BCUT2D eigenvalue weighted by atomic mass is 9.86. The summed E-state index contributed by atoms with van der Waals surface area (Å²) >= 11 is 0. The molecule has 1 heteroatoms. The number of aliphatic hydroxyl groups excluding tert-OH is 1. The number of rotatable bonds is 4. The van der Waals surface area contributed by atoms with Crippen molar-refractivity contribution in [2.45, 2.75) is 26.9 Å². The Hall–Kier alpha value is -1.08. The lowest BCUT2D eigenvalue weighted by molar-refractivity contribution is 0.130. The van der Waals surface area contributed by atoms with Crippen LogP contribution in [0, 0.1) is 11.8 Å². The lowest BCUT2D eigenvalue weighted by Crippen LogP contribution is -2.14. The normalized spacial score (nSPS) is 15.0. The lowest BCUT2D eigenvalue weighted by Gasteiger charge is -2.23. The summed E-state index contributed by atoms with van der Waals surface area (Å²) in [5.41, 5.74) is 2.07. The van der Waals surface area contributed by atoms with Crippen molar-refractivity contribution in [3.05, 3.63) is 48.0 Å². The van der Waals surface area contributed by atoms with E-state index in [1.165, 1.54) is 0 Å². The minimum Gasteiger partial charge on any atom is -0.388 e.